The minimum absolute atomic E-state index is 0.0265. The van der Waals surface area contributed by atoms with Crippen molar-refractivity contribution < 1.29 is 9.60 Å². The summed E-state index contributed by atoms with van der Waals surface area (Å²) in [6.07, 6.45) is 5.59. The molecule has 2 aromatic heterocycles. The number of hydrogen-bond donors (Lipinski definition) is 4. The average molecular weight is 444 g/mol. The number of pyridine rings is 1. The molecule has 0 bridgehead atoms. The Morgan fingerprint density at radius 3 is 3.13 bits per heavy atom. The minimum Gasteiger partial charge on any atom is -0.409 e. The maximum atomic E-state index is 13.4. The molecule has 162 valence electrons. The Kier molecular flexibility index (Phi) is 5.37. The number of fused-ring (bicyclic) bond motifs is 2. The molecular formula is C21H23ClFN7O. The predicted molar refractivity (Wildman–Crippen MR) is 118 cm³/mol. The van der Waals surface area contributed by atoms with Crippen LogP contribution >= 0.6 is 11.6 Å². The van der Waals surface area contributed by atoms with Gasteiger partial charge in [-0.15, -0.1) is 0 Å². The fourth-order valence-corrected chi connectivity index (χ4v) is 4.54. The number of likely N-dealkylation sites (tertiary alicyclic amines) is 1. The number of rotatable bonds is 6. The maximum Gasteiger partial charge on any atom is 0.202 e. The van der Waals surface area contributed by atoms with Crippen LogP contribution in [0.15, 0.2) is 35.6 Å². The standard InChI is InChI=1S/C21H23ClFN7O/c22-15-11-13(3-4-16(15)23)26-19(29-31)14-5-6-24-20-18(14)27-21(28-20)25-7-9-30-8-1-2-12-10-17(12)30/h3-6,11-12,17,31H,1-2,7-10H2,(H,26,29)(H2,24,25,27,28). The predicted octanol–water partition coefficient (Wildman–Crippen LogP) is 3.89. The molecule has 1 saturated heterocycles. The number of H-pyrrole nitrogens is 1. The molecule has 2 atom stereocenters. The topological polar surface area (TPSA) is 101 Å². The minimum atomic E-state index is -0.521. The van der Waals surface area contributed by atoms with Crippen molar-refractivity contribution in [1.82, 2.24) is 19.9 Å². The molecule has 1 aliphatic carbocycles. The van der Waals surface area contributed by atoms with Crippen molar-refractivity contribution >= 4 is 40.2 Å². The summed E-state index contributed by atoms with van der Waals surface area (Å²) in [4.78, 5) is 14.6. The van der Waals surface area contributed by atoms with Gasteiger partial charge >= 0.3 is 0 Å². The van der Waals surface area contributed by atoms with E-state index in [9.17, 15) is 9.60 Å². The van der Waals surface area contributed by atoms with Gasteiger partial charge in [-0.25, -0.2) is 9.37 Å². The zero-order valence-electron chi connectivity index (χ0n) is 16.8. The van der Waals surface area contributed by atoms with E-state index in [4.69, 9.17) is 11.6 Å². The van der Waals surface area contributed by atoms with Gasteiger partial charge in [0.2, 0.25) is 5.95 Å². The van der Waals surface area contributed by atoms with Crippen LogP contribution in [0.2, 0.25) is 5.02 Å². The highest BCUT2D eigenvalue weighted by Gasteiger charge is 2.43. The van der Waals surface area contributed by atoms with Crippen molar-refractivity contribution in [2.24, 2.45) is 11.1 Å². The van der Waals surface area contributed by atoms with E-state index in [1.807, 2.05) is 0 Å². The normalized spacial score (nSPS) is 21.2. The molecule has 1 aliphatic heterocycles. The van der Waals surface area contributed by atoms with Gasteiger partial charge in [-0.3, -0.25) is 4.90 Å². The maximum absolute atomic E-state index is 13.4. The van der Waals surface area contributed by atoms with E-state index in [1.165, 1.54) is 44.0 Å². The molecular weight excluding hydrogens is 421 g/mol. The quantitative estimate of drug-likeness (QED) is 0.199. The van der Waals surface area contributed by atoms with Crippen LogP contribution in [0.4, 0.5) is 16.0 Å². The van der Waals surface area contributed by atoms with Gasteiger partial charge in [-0.1, -0.05) is 16.8 Å². The fraction of sp³-hybridized carbons (Fsp3) is 0.381. The van der Waals surface area contributed by atoms with Crippen LogP contribution in [0.1, 0.15) is 24.8 Å². The zero-order valence-corrected chi connectivity index (χ0v) is 17.5. The van der Waals surface area contributed by atoms with E-state index in [2.05, 4.69) is 35.6 Å². The summed E-state index contributed by atoms with van der Waals surface area (Å²) >= 11 is 5.85. The molecule has 1 saturated carbocycles. The van der Waals surface area contributed by atoms with E-state index < -0.39 is 5.82 Å². The van der Waals surface area contributed by atoms with Gasteiger partial charge in [-0.2, -0.15) is 4.98 Å². The average Bonchev–Trinajstić information content (AvgIpc) is 3.46. The van der Waals surface area contributed by atoms with Crippen molar-refractivity contribution in [3.05, 3.63) is 46.9 Å². The van der Waals surface area contributed by atoms with Gasteiger partial charge in [0.25, 0.3) is 0 Å². The second-order valence-corrected chi connectivity index (χ2v) is 8.42. The van der Waals surface area contributed by atoms with Crippen LogP contribution in [0.5, 0.6) is 0 Å². The molecule has 8 nitrogen and oxygen atoms in total. The molecule has 3 heterocycles. The van der Waals surface area contributed by atoms with E-state index in [0.29, 0.717) is 28.4 Å². The van der Waals surface area contributed by atoms with E-state index in [-0.39, 0.29) is 10.9 Å². The van der Waals surface area contributed by atoms with Gasteiger partial charge in [-0.05, 0) is 56.0 Å². The second-order valence-electron chi connectivity index (χ2n) is 8.01. The summed E-state index contributed by atoms with van der Waals surface area (Å²) in [6.45, 7) is 2.93. The molecule has 1 aromatic carbocycles. The lowest BCUT2D eigenvalue weighted by molar-refractivity contribution is 0.223. The number of halogens is 2. The van der Waals surface area contributed by atoms with Crippen LogP contribution in [-0.2, 0) is 0 Å². The number of nitrogens with one attached hydrogen (secondary N) is 3. The number of anilines is 2. The van der Waals surface area contributed by atoms with Crippen molar-refractivity contribution in [2.45, 2.75) is 25.3 Å². The van der Waals surface area contributed by atoms with Gasteiger partial charge in [0.15, 0.2) is 11.5 Å². The largest absolute Gasteiger partial charge is 0.409 e. The third kappa shape index (κ3) is 4.15. The number of aromatic nitrogens is 3. The van der Waals surface area contributed by atoms with Crippen LogP contribution in [-0.4, -0.2) is 56.6 Å². The lowest BCUT2D eigenvalue weighted by atomic mass is 10.1. The van der Waals surface area contributed by atoms with Crippen LogP contribution < -0.4 is 10.6 Å². The van der Waals surface area contributed by atoms with Crippen LogP contribution in [0, 0.1) is 11.7 Å². The number of nitrogens with zero attached hydrogens (tertiary/aromatic N) is 4. The Morgan fingerprint density at radius 2 is 2.29 bits per heavy atom. The van der Waals surface area contributed by atoms with Gasteiger partial charge in [0.1, 0.15) is 5.82 Å². The highest BCUT2D eigenvalue weighted by molar-refractivity contribution is 6.31. The van der Waals surface area contributed by atoms with Gasteiger partial charge in [0, 0.05) is 36.6 Å². The van der Waals surface area contributed by atoms with Crippen LogP contribution in [0.3, 0.4) is 0 Å². The molecule has 0 spiro atoms. The SMILES string of the molecule is O/N=C(\Nc1ccc(F)c(Cl)c1)c1ccnc2nc(NCCN3CCCC4CC43)[nH]c12. The monoisotopic (exact) mass is 443 g/mol. The Morgan fingerprint density at radius 1 is 1.39 bits per heavy atom. The van der Waals surface area contributed by atoms with Crippen molar-refractivity contribution in [3.63, 3.8) is 0 Å². The smallest absolute Gasteiger partial charge is 0.202 e. The van der Waals surface area contributed by atoms with E-state index in [1.54, 1.807) is 12.3 Å². The first-order valence-corrected chi connectivity index (χ1v) is 10.8. The van der Waals surface area contributed by atoms with Crippen LogP contribution in [0.25, 0.3) is 11.2 Å². The molecule has 3 aromatic rings. The molecule has 10 heteroatoms. The number of benzene rings is 1. The first kappa shape index (κ1) is 20.0. The highest BCUT2D eigenvalue weighted by atomic mass is 35.5. The Labute approximate surface area is 183 Å². The highest BCUT2D eigenvalue weighted by Crippen LogP contribution is 2.42. The Hall–Kier alpha value is -2.91. The molecule has 0 radical (unpaired) electrons. The summed E-state index contributed by atoms with van der Waals surface area (Å²) in [5.74, 6) is 1.17. The van der Waals surface area contributed by atoms with Crippen molar-refractivity contribution in [2.75, 3.05) is 30.3 Å². The summed E-state index contributed by atoms with van der Waals surface area (Å²) in [6, 6.07) is 6.65. The second kappa shape index (κ2) is 8.32. The Bertz CT molecular complexity index is 1130. The number of oxime groups is 1. The third-order valence-corrected chi connectivity index (χ3v) is 6.29. The number of piperidine rings is 1. The number of amidine groups is 1. The summed E-state index contributed by atoms with van der Waals surface area (Å²) < 4.78 is 13.4. The Balaban J connectivity index is 1.30. The third-order valence-electron chi connectivity index (χ3n) is 6.00. The summed E-state index contributed by atoms with van der Waals surface area (Å²) in [5.41, 5.74) is 2.19. The first-order chi connectivity index (χ1) is 15.1. The molecule has 5 rings (SSSR count). The first-order valence-electron chi connectivity index (χ1n) is 10.4. The summed E-state index contributed by atoms with van der Waals surface area (Å²) in [5, 5.41) is 19.2. The summed E-state index contributed by atoms with van der Waals surface area (Å²) in [7, 11) is 0. The lowest BCUT2D eigenvalue weighted by Crippen LogP contribution is -2.35. The molecule has 2 aliphatic rings. The molecule has 4 N–H and O–H groups in total. The number of imidazole rings is 1. The van der Waals surface area contributed by atoms with E-state index >= 15 is 0 Å². The fourth-order valence-electron chi connectivity index (χ4n) is 4.36. The molecule has 31 heavy (non-hydrogen) atoms. The zero-order chi connectivity index (χ0) is 21.4. The van der Waals surface area contributed by atoms with Crippen molar-refractivity contribution in [3.8, 4) is 0 Å². The lowest BCUT2D eigenvalue weighted by Gasteiger charge is -2.26. The number of aromatic amines is 1. The van der Waals surface area contributed by atoms with Gasteiger partial charge < -0.3 is 20.8 Å². The van der Waals surface area contributed by atoms with Crippen molar-refractivity contribution in [1.29, 1.82) is 0 Å². The molecule has 2 fully saturated rings. The molecule has 2 unspecified atom stereocenters. The van der Waals surface area contributed by atoms with E-state index in [0.717, 1.165) is 25.0 Å². The number of hydrogen-bond acceptors (Lipinski definition) is 6. The van der Waals surface area contributed by atoms with Gasteiger partial charge in [0.05, 0.1) is 10.5 Å². The molecule has 0 amide bonds.